The minimum atomic E-state index is -3.15. The fraction of sp³-hybridized carbons (Fsp3) is 0.417. The zero-order valence-corrected chi connectivity index (χ0v) is 18.8. The van der Waals surface area contributed by atoms with Crippen LogP contribution in [0.1, 0.15) is 45.8 Å². The molecule has 0 amide bonds. The number of hydrogen-bond donors (Lipinski definition) is 4. The van der Waals surface area contributed by atoms with E-state index < -0.39 is 12.5 Å². The Bertz CT molecular complexity index is 1070. The molecule has 3 aromatic rings. The number of alkyl halides is 2. The van der Waals surface area contributed by atoms with Crippen molar-refractivity contribution in [3.05, 3.63) is 58.8 Å². The van der Waals surface area contributed by atoms with Gasteiger partial charge in [-0.2, -0.15) is 13.9 Å². The maximum atomic E-state index is 13.0. The highest BCUT2D eigenvalue weighted by atomic mass is 19.3. The second-order valence-corrected chi connectivity index (χ2v) is 8.00. The van der Waals surface area contributed by atoms with E-state index in [1.165, 1.54) is 12.1 Å². The molecule has 1 aliphatic rings. The smallest absolute Gasteiger partial charge is 0.295 e. The Morgan fingerprint density at radius 3 is 2.82 bits per heavy atom. The van der Waals surface area contributed by atoms with Crippen LogP contribution in [0.2, 0.25) is 0 Å². The van der Waals surface area contributed by atoms with Crippen LogP contribution < -0.4 is 15.4 Å². The largest absolute Gasteiger partial charge is 0.496 e. The van der Waals surface area contributed by atoms with E-state index in [1.54, 1.807) is 32.5 Å². The van der Waals surface area contributed by atoms with Gasteiger partial charge in [0.25, 0.3) is 5.92 Å². The number of rotatable bonds is 7. The number of nitrogens with one attached hydrogen (secondary N) is 3. The Morgan fingerprint density at radius 1 is 1.36 bits per heavy atom. The molecule has 0 aliphatic carbocycles. The molecule has 1 unspecified atom stereocenters. The summed E-state index contributed by atoms with van der Waals surface area (Å²) in [6.07, 6.45) is 4.86. The Kier molecular flexibility index (Phi) is 8.49. The third kappa shape index (κ3) is 5.73. The predicted octanol–water partition coefficient (Wildman–Crippen LogP) is 3.34. The lowest BCUT2D eigenvalue weighted by Gasteiger charge is -2.25. The lowest BCUT2D eigenvalue weighted by molar-refractivity contribution is -0.0556. The zero-order chi connectivity index (χ0) is 23.8. The number of fused-ring (bicyclic) bond motifs is 1. The number of carbonyl (C=O) groups excluding carboxylic acids is 1. The molecule has 0 saturated carbocycles. The number of aldehydes is 1. The van der Waals surface area contributed by atoms with Gasteiger partial charge in [-0.25, -0.2) is 0 Å². The Labute approximate surface area is 191 Å². The van der Waals surface area contributed by atoms with Gasteiger partial charge in [-0.3, -0.25) is 9.89 Å². The first-order valence-electron chi connectivity index (χ1n) is 10.9. The number of aliphatic hydroxyl groups excluding tert-OH is 1. The van der Waals surface area contributed by atoms with Crippen LogP contribution in [0.4, 0.5) is 8.78 Å². The second-order valence-electron chi connectivity index (χ2n) is 8.00. The molecule has 0 bridgehead atoms. The summed E-state index contributed by atoms with van der Waals surface area (Å²) in [5.41, 5.74) is 3.13. The molecule has 1 atom stereocenters. The molecule has 178 valence electrons. The molecule has 1 aromatic heterocycles. The number of ether oxygens (including phenoxy) is 1. The average Bonchev–Trinajstić information content (AvgIpc) is 3.34. The third-order valence-electron chi connectivity index (χ3n) is 5.74. The topological polar surface area (TPSA) is 99.3 Å². The van der Waals surface area contributed by atoms with Crippen molar-refractivity contribution in [1.82, 2.24) is 20.8 Å². The molecule has 2 aromatic carbocycles. The molecule has 1 aliphatic heterocycles. The normalized spacial score (nSPS) is 16.2. The van der Waals surface area contributed by atoms with Gasteiger partial charge in [-0.1, -0.05) is 18.2 Å². The van der Waals surface area contributed by atoms with E-state index in [1.807, 2.05) is 6.07 Å². The number of piperidine rings is 1. The van der Waals surface area contributed by atoms with Gasteiger partial charge in [0.2, 0.25) is 0 Å². The number of methoxy groups -OCH3 is 1. The first-order valence-corrected chi connectivity index (χ1v) is 10.9. The van der Waals surface area contributed by atoms with Crippen molar-refractivity contribution in [2.75, 3.05) is 33.9 Å². The molecule has 7 nitrogen and oxygen atoms in total. The standard InChI is InChI=1S/C14H17N3O2.C10H13F2NO/c1-19-14-11(9-3-2-4-15-6-9)5-10(8-18)13-12(14)7-16-17-13;1-13-6-8-3-2-4-9(5-8)10(11,12)7-14/h5,7-9,15H,2-4,6H2,1H3,(H,16,17);2-5,13-14H,6-7H2,1H3. The van der Waals surface area contributed by atoms with Crippen molar-refractivity contribution in [1.29, 1.82) is 0 Å². The molecule has 9 heteroatoms. The molecule has 4 N–H and O–H groups in total. The van der Waals surface area contributed by atoms with E-state index >= 15 is 0 Å². The second kappa shape index (κ2) is 11.3. The molecule has 1 saturated heterocycles. The van der Waals surface area contributed by atoms with E-state index in [-0.39, 0.29) is 5.56 Å². The summed E-state index contributed by atoms with van der Waals surface area (Å²) in [6.45, 7) is 1.37. The number of H-pyrrole nitrogens is 1. The monoisotopic (exact) mass is 460 g/mol. The van der Waals surface area contributed by atoms with Gasteiger partial charge in [0, 0.05) is 35.7 Å². The summed E-state index contributed by atoms with van der Waals surface area (Å²) in [5, 5.41) is 22.5. The number of aromatic amines is 1. The van der Waals surface area contributed by atoms with Crippen LogP contribution in [-0.2, 0) is 12.5 Å². The van der Waals surface area contributed by atoms with Crippen LogP contribution in [0.15, 0.2) is 36.5 Å². The van der Waals surface area contributed by atoms with Gasteiger partial charge in [-0.05, 0) is 44.1 Å². The minimum Gasteiger partial charge on any atom is -0.496 e. The molecule has 0 radical (unpaired) electrons. The molecule has 1 fully saturated rings. The van der Waals surface area contributed by atoms with Crippen LogP contribution >= 0.6 is 0 Å². The number of nitrogens with zero attached hydrogens (tertiary/aromatic N) is 1. The number of carbonyl (C=O) groups is 1. The fourth-order valence-corrected chi connectivity index (χ4v) is 4.08. The minimum absolute atomic E-state index is 0.146. The number of aromatic nitrogens is 2. The lowest BCUT2D eigenvalue weighted by Crippen LogP contribution is -2.28. The van der Waals surface area contributed by atoms with Crippen LogP contribution in [0.3, 0.4) is 0 Å². The molecule has 33 heavy (non-hydrogen) atoms. The van der Waals surface area contributed by atoms with Gasteiger partial charge in [-0.15, -0.1) is 0 Å². The molecule has 2 heterocycles. The first-order chi connectivity index (χ1) is 15.9. The third-order valence-corrected chi connectivity index (χ3v) is 5.74. The number of hydrogen-bond acceptors (Lipinski definition) is 6. The van der Waals surface area contributed by atoms with Crippen LogP contribution in [0, 0.1) is 0 Å². The summed E-state index contributed by atoms with van der Waals surface area (Å²) in [6, 6.07) is 7.96. The zero-order valence-electron chi connectivity index (χ0n) is 18.8. The maximum absolute atomic E-state index is 13.0. The summed E-state index contributed by atoms with van der Waals surface area (Å²) in [4.78, 5) is 11.2. The fourth-order valence-electron chi connectivity index (χ4n) is 4.08. The maximum Gasteiger partial charge on any atom is 0.295 e. The molecular weight excluding hydrogens is 430 g/mol. The highest BCUT2D eigenvalue weighted by Gasteiger charge is 2.30. The highest BCUT2D eigenvalue weighted by Crippen LogP contribution is 2.37. The molecular formula is C24H30F2N4O3. The van der Waals surface area contributed by atoms with Crippen molar-refractivity contribution in [2.24, 2.45) is 0 Å². The van der Waals surface area contributed by atoms with E-state index in [2.05, 4.69) is 20.8 Å². The van der Waals surface area contributed by atoms with Crippen LogP contribution in [-0.4, -0.2) is 55.4 Å². The van der Waals surface area contributed by atoms with Crippen molar-refractivity contribution in [3.8, 4) is 5.75 Å². The average molecular weight is 461 g/mol. The van der Waals surface area contributed by atoms with E-state index in [4.69, 9.17) is 9.84 Å². The van der Waals surface area contributed by atoms with Crippen molar-refractivity contribution in [3.63, 3.8) is 0 Å². The Balaban J connectivity index is 0.000000196. The summed E-state index contributed by atoms with van der Waals surface area (Å²) in [5.74, 6) is -1.92. The van der Waals surface area contributed by atoms with Gasteiger partial charge < -0.3 is 20.5 Å². The van der Waals surface area contributed by atoms with E-state index in [9.17, 15) is 13.6 Å². The van der Waals surface area contributed by atoms with Gasteiger partial charge in [0.1, 0.15) is 12.4 Å². The summed E-state index contributed by atoms with van der Waals surface area (Å²) >= 11 is 0. The van der Waals surface area contributed by atoms with Crippen molar-refractivity contribution >= 4 is 17.2 Å². The Morgan fingerprint density at radius 2 is 2.18 bits per heavy atom. The predicted molar refractivity (Wildman–Crippen MR) is 123 cm³/mol. The molecule has 4 rings (SSSR count). The quantitative estimate of drug-likeness (QED) is 0.404. The van der Waals surface area contributed by atoms with Gasteiger partial charge >= 0.3 is 0 Å². The van der Waals surface area contributed by atoms with Crippen LogP contribution in [0.5, 0.6) is 5.75 Å². The van der Waals surface area contributed by atoms with Gasteiger partial charge in [0.15, 0.2) is 6.29 Å². The van der Waals surface area contributed by atoms with Crippen molar-refractivity contribution in [2.45, 2.75) is 31.2 Å². The van der Waals surface area contributed by atoms with Gasteiger partial charge in [0.05, 0.1) is 24.2 Å². The number of halogens is 2. The lowest BCUT2D eigenvalue weighted by atomic mass is 9.89. The first kappa shape index (κ1) is 24.8. The van der Waals surface area contributed by atoms with Crippen molar-refractivity contribution < 1.29 is 23.4 Å². The molecule has 0 spiro atoms. The Hall–Kier alpha value is -2.88. The number of aliphatic hydroxyl groups is 1. The number of benzene rings is 2. The summed E-state index contributed by atoms with van der Waals surface area (Å²) in [7, 11) is 3.42. The summed E-state index contributed by atoms with van der Waals surface area (Å²) < 4.78 is 31.6. The SMILES string of the molecule is CNCc1cccc(C(F)(F)CO)c1.COc1c(C2CCCNC2)cc(C=O)c2[nH]ncc12. The van der Waals surface area contributed by atoms with Crippen LogP contribution in [0.25, 0.3) is 10.9 Å². The van der Waals surface area contributed by atoms with E-state index in [0.717, 1.165) is 60.0 Å². The highest BCUT2D eigenvalue weighted by molar-refractivity contribution is 5.99. The van der Waals surface area contributed by atoms with E-state index in [0.29, 0.717) is 18.0 Å².